The van der Waals surface area contributed by atoms with Crippen molar-refractivity contribution in [1.82, 2.24) is 0 Å². The van der Waals surface area contributed by atoms with Crippen LogP contribution in [0.5, 0.6) is 0 Å². The molecular weight excluding hydrogens is 216 g/mol. The first-order chi connectivity index (χ1) is 7.14. The first-order valence-electron chi connectivity index (χ1n) is 5.87. The Hall–Kier alpha value is -0.490. The predicted molar refractivity (Wildman–Crippen MR) is 73.6 cm³/mol. The minimum absolute atomic E-state index is 0.218. The van der Waals surface area contributed by atoms with Crippen LogP contribution in [0.3, 0.4) is 0 Å². The Morgan fingerprint density at radius 1 is 0.938 bits per heavy atom. The molecule has 0 saturated carbocycles. The monoisotopic (exact) mass is 238 g/mol. The molecule has 90 valence electrons. The van der Waals surface area contributed by atoms with E-state index < -0.39 is 0 Å². The molecule has 0 aromatic rings. The zero-order chi connectivity index (χ0) is 12.6. The Morgan fingerprint density at radius 3 is 1.56 bits per heavy atom. The summed E-state index contributed by atoms with van der Waals surface area (Å²) in [4.78, 5) is 0. The minimum atomic E-state index is 0.218. The second-order valence-electron chi connectivity index (χ2n) is 6.63. The quantitative estimate of drug-likeness (QED) is 0.526. The molecule has 0 heterocycles. The Balaban J connectivity index is 3.11. The predicted octanol–water partition coefficient (Wildman–Crippen LogP) is 5.46. The molecule has 0 N–H and O–H groups in total. The van der Waals surface area contributed by atoms with Gasteiger partial charge in [0.15, 0.2) is 0 Å². The van der Waals surface area contributed by atoms with Gasteiger partial charge in [-0.1, -0.05) is 76.4 Å². The molecule has 0 spiro atoms. The zero-order valence-corrected chi connectivity index (χ0v) is 12.1. The van der Waals surface area contributed by atoms with Gasteiger partial charge in [0.2, 0.25) is 0 Å². The van der Waals surface area contributed by atoms with Crippen molar-refractivity contribution >= 4 is 11.6 Å². The molecule has 0 bridgehead atoms. The molecule has 1 heteroatoms. The summed E-state index contributed by atoms with van der Waals surface area (Å²) in [5.74, 6) is 0. The van der Waals surface area contributed by atoms with Crippen LogP contribution >= 0.6 is 11.6 Å². The fourth-order valence-corrected chi connectivity index (χ4v) is 1.90. The SMILES string of the molecule is CC(C)(C)C1=CC(=CCl)C=C(C(C)(C)C)C1. The van der Waals surface area contributed by atoms with Gasteiger partial charge < -0.3 is 0 Å². The largest absolute Gasteiger partial charge is 0.0923 e. The summed E-state index contributed by atoms with van der Waals surface area (Å²) >= 11 is 5.86. The van der Waals surface area contributed by atoms with Crippen LogP contribution in [-0.2, 0) is 0 Å². The van der Waals surface area contributed by atoms with Crippen LogP contribution < -0.4 is 0 Å². The normalized spacial score (nSPS) is 18.1. The van der Waals surface area contributed by atoms with Crippen molar-refractivity contribution in [3.8, 4) is 0 Å². The lowest BCUT2D eigenvalue weighted by Gasteiger charge is -2.32. The average Bonchev–Trinajstić information content (AvgIpc) is 2.14. The lowest BCUT2D eigenvalue weighted by Crippen LogP contribution is -2.18. The van der Waals surface area contributed by atoms with Gasteiger partial charge in [0.25, 0.3) is 0 Å². The summed E-state index contributed by atoms with van der Waals surface area (Å²) in [6.07, 6.45) is 5.52. The third-order valence-electron chi connectivity index (χ3n) is 3.12. The smallest absolute Gasteiger partial charge is 0.0115 e. The van der Waals surface area contributed by atoms with Crippen LogP contribution in [0.15, 0.2) is 34.4 Å². The standard InChI is InChI=1S/C15H23Cl/c1-14(2,3)12-7-11(10-16)8-13(9-12)15(4,5)6/h7-8,10H,9H2,1-6H3. The minimum Gasteiger partial charge on any atom is -0.0923 e. The van der Waals surface area contributed by atoms with Crippen LogP contribution in [0.4, 0.5) is 0 Å². The van der Waals surface area contributed by atoms with E-state index >= 15 is 0 Å². The highest BCUT2D eigenvalue weighted by atomic mass is 35.5. The van der Waals surface area contributed by atoms with Gasteiger partial charge in [0.1, 0.15) is 0 Å². The molecule has 0 radical (unpaired) electrons. The van der Waals surface area contributed by atoms with Crippen molar-refractivity contribution in [2.45, 2.75) is 48.0 Å². The summed E-state index contributed by atoms with van der Waals surface area (Å²) in [5.41, 5.74) is 6.17. The second kappa shape index (κ2) is 4.41. The number of halogens is 1. The summed E-state index contributed by atoms with van der Waals surface area (Å²) in [6.45, 7) is 13.6. The van der Waals surface area contributed by atoms with Gasteiger partial charge in [-0.3, -0.25) is 0 Å². The Morgan fingerprint density at radius 2 is 1.31 bits per heavy atom. The van der Waals surface area contributed by atoms with E-state index in [1.54, 1.807) is 5.54 Å². The van der Waals surface area contributed by atoms with Gasteiger partial charge in [-0.15, -0.1) is 0 Å². The van der Waals surface area contributed by atoms with Crippen molar-refractivity contribution in [1.29, 1.82) is 0 Å². The Bertz CT molecular complexity index is 322. The zero-order valence-electron chi connectivity index (χ0n) is 11.3. The van der Waals surface area contributed by atoms with E-state index in [0.717, 1.165) is 12.0 Å². The van der Waals surface area contributed by atoms with Crippen LogP contribution in [0.1, 0.15) is 48.0 Å². The molecule has 1 aliphatic rings. The number of allylic oxidation sites excluding steroid dienone is 5. The summed E-state index contributed by atoms with van der Waals surface area (Å²) in [5, 5.41) is 0. The third kappa shape index (κ3) is 3.25. The first-order valence-corrected chi connectivity index (χ1v) is 6.31. The topological polar surface area (TPSA) is 0 Å². The number of rotatable bonds is 0. The molecule has 0 atom stereocenters. The lowest BCUT2D eigenvalue weighted by molar-refractivity contribution is 0.447. The molecular formula is C15H23Cl. The van der Waals surface area contributed by atoms with Gasteiger partial charge in [-0.05, 0) is 22.8 Å². The summed E-state index contributed by atoms with van der Waals surface area (Å²) in [6, 6.07) is 0. The summed E-state index contributed by atoms with van der Waals surface area (Å²) < 4.78 is 0. The molecule has 0 fully saturated rings. The molecule has 0 saturated heterocycles. The maximum Gasteiger partial charge on any atom is 0.0115 e. The fourth-order valence-electron chi connectivity index (χ4n) is 1.78. The molecule has 0 nitrogen and oxygen atoms in total. The molecule has 0 unspecified atom stereocenters. The van der Waals surface area contributed by atoms with Crippen LogP contribution in [0, 0.1) is 10.8 Å². The molecule has 16 heavy (non-hydrogen) atoms. The molecule has 1 aliphatic carbocycles. The third-order valence-corrected chi connectivity index (χ3v) is 3.37. The van der Waals surface area contributed by atoms with E-state index in [9.17, 15) is 0 Å². The van der Waals surface area contributed by atoms with E-state index in [2.05, 4.69) is 53.7 Å². The first kappa shape index (κ1) is 13.6. The van der Waals surface area contributed by atoms with Crippen molar-refractivity contribution in [2.75, 3.05) is 0 Å². The van der Waals surface area contributed by atoms with E-state index in [4.69, 9.17) is 11.6 Å². The van der Waals surface area contributed by atoms with Gasteiger partial charge >= 0.3 is 0 Å². The average molecular weight is 239 g/mol. The Kier molecular flexibility index (Phi) is 3.74. The molecule has 0 aromatic carbocycles. The van der Waals surface area contributed by atoms with E-state index in [0.29, 0.717) is 0 Å². The van der Waals surface area contributed by atoms with Crippen molar-refractivity contribution in [3.63, 3.8) is 0 Å². The highest BCUT2D eigenvalue weighted by Gasteiger charge is 2.26. The molecule has 0 aliphatic heterocycles. The molecule has 0 aromatic heterocycles. The van der Waals surface area contributed by atoms with Crippen LogP contribution in [0.25, 0.3) is 0 Å². The molecule has 1 rings (SSSR count). The Labute approximate surface area is 105 Å². The van der Waals surface area contributed by atoms with Gasteiger partial charge in [-0.2, -0.15) is 0 Å². The highest BCUT2D eigenvalue weighted by Crippen LogP contribution is 2.41. The van der Waals surface area contributed by atoms with Crippen molar-refractivity contribution in [3.05, 3.63) is 34.4 Å². The van der Waals surface area contributed by atoms with E-state index in [1.807, 2.05) is 0 Å². The van der Waals surface area contributed by atoms with Gasteiger partial charge in [-0.25, -0.2) is 0 Å². The van der Waals surface area contributed by atoms with Crippen molar-refractivity contribution in [2.24, 2.45) is 10.8 Å². The molecule has 0 amide bonds. The van der Waals surface area contributed by atoms with E-state index in [-0.39, 0.29) is 10.8 Å². The second-order valence-corrected chi connectivity index (χ2v) is 6.84. The van der Waals surface area contributed by atoms with Crippen LogP contribution in [-0.4, -0.2) is 0 Å². The van der Waals surface area contributed by atoms with Crippen molar-refractivity contribution < 1.29 is 0 Å². The highest BCUT2D eigenvalue weighted by molar-refractivity contribution is 6.26. The number of hydrogen-bond acceptors (Lipinski definition) is 0. The maximum atomic E-state index is 5.86. The summed E-state index contributed by atoms with van der Waals surface area (Å²) in [7, 11) is 0. The van der Waals surface area contributed by atoms with E-state index in [1.165, 1.54) is 11.1 Å². The maximum absolute atomic E-state index is 5.86. The number of hydrogen-bond donors (Lipinski definition) is 0. The fraction of sp³-hybridized carbons (Fsp3) is 0.600. The lowest BCUT2D eigenvalue weighted by atomic mass is 9.73. The van der Waals surface area contributed by atoms with Gasteiger partial charge in [0.05, 0.1) is 0 Å². The van der Waals surface area contributed by atoms with Gasteiger partial charge in [0, 0.05) is 5.54 Å². The van der Waals surface area contributed by atoms with Crippen LogP contribution in [0.2, 0.25) is 0 Å².